The van der Waals surface area contributed by atoms with Crippen LogP contribution < -0.4 is 5.32 Å². The first-order chi connectivity index (χ1) is 9.25. The molecule has 0 unspecified atom stereocenters. The zero-order valence-corrected chi connectivity index (χ0v) is 11.1. The van der Waals surface area contributed by atoms with E-state index in [1.807, 2.05) is 0 Å². The molecule has 4 nitrogen and oxygen atoms in total. The predicted molar refractivity (Wildman–Crippen MR) is 68.4 cm³/mol. The number of halogens is 5. The minimum absolute atomic E-state index is 0.179. The second kappa shape index (κ2) is 5.34. The summed E-state index contributed by atoms with van der Waals surface area (Å²) in [7, 11) is 0. The van der Waals surface area contributed by atoms with Crippen molar-refractivity contribution >= 4 is 34.8 Å². The second-order valence-electron chi connectivity index (χ2n) is 3.68. The van der Waals surface area contributed by atoms with Gasteiger partial charge in [0.25, 0.3) is 0 Å². The van der Waals surface area contributed by atoms with Gasteiger partial charge in [0.05, 0.1) is 10.7 Å². The average Bonchev–Trinajstić information content (AvgIpc) is 2.31. The van der Waals surface area contributed by atoms with Gasteiger partial charge < -0.3 is 10.4 Å². The molecule has 0 radical (unpaired) electrons. The Morgan fingerprint density at radius 2 is 1.80 bits per heavy atom. The number of nitrogens with one attached hydrogen (secondary N) is 1. The zero-order valence-electron chi connectivity index (χ0n) is 9.54. The van der Waals surface area contributed by atoms with Crippen LogP contribution in [0.3, 0.4) is 0 Å². The minimum atomic E-state index is -4.69. The number of rotatable bonds is 2. The standard InChI is InChI=1S/C11H6Cl2F3N3O/c12-5-1-2-7(6(13)3-5)17-10-18-8(11(14,15)16)4-9(20)19-10/h1-4H,(H2,17,18,19,20). The molecule has 9 heteroatoms. The Kier molecular flexibility index (Phi) is 3.92. The van der Waals surface area contributed by atoms with Crippen molar-refractivity contribution in [1.82, 2.24) is 9.97 Å². The van der Waals surface area contributed by atoms with Gasteiger partial charge in [-0.2, -0.15) is 18.2 Å². The SMILES string of the molecule is Oc1cc(C(F)(F)F)nc(Nc2ccc(Cl)cc2Cl)n1. The van der Waals surface area contributed by atoms with E-state index in [0.29, 0.717) is 11.1 Å². The van der Waals surface area contributed by atoms with Crippen LogP contribution in [-0.4, -0.2) is 15.1 Å². The molecule has 2 rings (SSSR count). The molecule has 1 aromatic carbocycles. The first-order valence-electron chi connectivity index (χ1n) is 5.13. The molecule has 1 heterocycles. The van der Waals surface area contributed by atoms with Gasteiger partial charge in [0.15, 0.2) is 5.69 Å². The van der Waals surface area contributed by atoms with Gasteiger partial charge >= 0.3 is 6.18 Å². The van der Waals surface area contributed by atoms with Crippen LogP contribution in [-0.2, 0) is 6.18 Å². The van der Waals surface area contributed by atoms with Gasteiger partial charge in [0.2, 0.25) is 11.8 Å². The number of anilines is 2. The fourth-order valence-corrected chi connectivity index (χ4v) is 1.80. The largest absolute Gasteiger partial charge is 0.493 e. The van der Waals surface area contributed by atoms with Crippen molar-refractivity contribution in [1.29, 1.82) is 0 Å². The summed E-state index contributed by atoms with van der Waals surface area (Å²) < 4.78 is 37.6. The van der Waals surface area contributed by atoms with Crippen LogP contribution in [0.5, 0.6) is 5.88 Å². The van der Waals surface area contributed by atoms with Crippen molar-refractivity contribution in [3.63, 3.8) is 0 Å². The number of hydrogen-bond donors (Lipinski definition) is 2. The van der Waals surface area contributed by atoms with Crippen LogP contribution in [0.15, 0.2) is 24.3 Å². The number of hydrogen-bond acceptors (Lipinski definition) is 4. The van der Waals surface area contributed by atoms with Crippen LogP contribution in [0.25, 0.3) is 0 Å². The predicted octanol–water partition coefficient (Wildman–Crippen LogP) is 4.25. The van der Waals surface area contributed by atoms with E-state index in [1.54, 1.807) is 0 Å². The van der Waals surface area contributed by atoms with E-state index >= 15 is 0 Å². The molecule has 1 aromatic heterocycles. The molecule has 0 saturated carbocycles. The average molecular weight is 324 g/mol. The maximum atomic E-state index is 12.5. The first-order valence-corrected chi connectivity index (χ1v) is 5.88. The fraction of sp³-hybridized carbons (Fsp3) is 0.0909. The van der Waals surface area contributed by atoms with E-state index in [9.17, 15) is 18.3 Å². The molecule has 0 aliphatic heterocycles. The van der Waals surface area contributed by atoms with Gasteiger partial charge in [0.1, 0.15) is 0 Å². The summed E-state index contributed by atoms with van der Waals surface area (Å²) >= 11 is 11.6. The van der Waals surface area contributed by atoms with Crippen LogP contribution in [0, 0.1) is 0 Å². The lowest BCUT2D eigenvalue weighted by Gasteiger charge is -2.10. The second-order valence-corrected chi connectivity index (χ2v) is 4.53. The Balaban J connectivity index is 2.36. The van der Waals surface area contributed by atoms with Crippen molar-refractivity contribution in [2.24, 2.45) is 0 Å². The first kappa shape index (κ1) is 14.7. The van der Waals surface area contributed by atoms with Gasteiger partial charge in [-0.25, -0.2) is 4.98 Å². The molecule has 0 atom stereocenters. The highest BCUT2D eigenvalue weighted by Gasteiger charge is 2.33. The van der Waals surface area contributed by atoms with Crippen molar-refractivity contribution in [3.05, 3.63) is 40.0 Å². The third-order valence-corrected chi connectivity index (χ3v) is 2.73. The molecule has 0 bridgehead atoms. The van der Waals surface area contributed by atoms with E-state index in [1.165, 1.54) is 18.2 Å². The Morgan fingerprint density at radius 1 is 1.10 bits per heavy atom. The highest BCUT2D eigenvalue weighted by atomic mass is 35.5. The monoisotopic (exact) mass is 323 g/mol. The lowest BCUT2D eigenvalue weighted by atomic mass is 10.3. The summed E-state index contributed by atoms with van der Waals surface area (Å²) in [5.74, 6) is -1.23. The molecule has 2 N–H and O–H groups in total. The third kappa shape index (κ3) is 3.43. The number of aromatic nitrogens is 2. The fourth-order valence-electron chi connectivity index (χ4n) is 1.35. The lowest BCUT2D eigenvalue weighted by Crippen LogP contribution is -2.10. The maximum absolute atomic E-state index is 12.5. The van der Waals surface area contributed by atoms with Crippen LogP contribution in [0.2, 0.25) is 10.0 Å². The van der Waals surface area contributed by atoms with E-state index in [0.717, 1.165) is 0 Å². The van der Waals surface area contributed by atoms with Crippen LogP contribution in [0.4, 0.5) is 24.8 Å². The molecule has 0 aliphatic carbocycles. The van der Waals surface area contributed by atoms with E-state index in [-0.39, 0.29) is 10.7 Å². The molecule has 0 aliphatic rings. The van der Waals surface area contributed by atoms with Gasteiger partial charge in [-0.1, -0.05) is 23.2 Å². The number of alkyl halides is 3. The van der Waals surface area contributed by atoms with Crippen molar-refractivity contribution in [2.75, 3.05) is 5.32 Å². The molecule has 0 saturated heterocycles. The molecule has 2 aromatic rings. The Morgan fingerprint density at radius 3 is 2.40 bits per heavy atom. The number of benzene rings is 1. The molecule has 0 spiro atoms. The quantitative estimate of drug-likeness (QED) is 0.867. The normalized spacial score (nSPS) is 11.4. The summed E-state index contributed by atoms with van der Waals surface area (Å²) in [5, 5.41) is 12.2. The minimum Gasteiger partial charge on any atom is -0.493 e. The molecule has 0 fully saturated rings. The lowest BCUT2D eigenvalue weighted by molar-refractivity contribution is -0.141. The third-order valence-electron chi connectivity index (χ3n) is 2.18. The molecular weight excluding hydrogens is 318 g/mol. The van der Waals surface area contributed by atoms with Gasteiger partial charge in [-0.3, -0.25) is 0 Å². The molecule has 0 amide bonds. The summed E-state index contributed by atoms with van der Waals surface area (Å²) in [6.45, 7) is 0. The number of aromatic hydroxyl groups is 1. The Bertz CT molecular complexity index is 649. The highest BCUT2D eigenvalue weighted by molar-refractivity contribution is 6.36. The Hall–Kier alpha value is -1.73. The van der Waals surface area contributed by atoms with Gasteiger partial charge in [-0.15, -0.1) is 0 Å². The summed E-state index contributed by atoms with van der Waals surface area (Å²) in [5.41, 5.74) is -1.01. The molecule has 106 valence electrons. The highest BCUT2D eigenvalue weighted by Crippen LogP contribution is 2.32. The van der Waals surface area contributed by atoms with Crippen molar-refractivity contribution in [2.45, 2.75) is 6.18 Å². The van der Waals surface area contributed by atoms with E-state index in [2.05, 4.69) is 15.3 Å². The van der Waals surface area contributed by atoms with E-state index in [4.69, 9.17) is 23.2 Å². The van der Waals surface area contributed by atoms with Gasteiger partial charge in [-0.05, 0) is 18.2 Å². The van der Waals surface area contributed by atoms with Crippen molar-refractivity contribution < 1.29 is 18.3 Å². The molecular formula is C11H6Cl2F3N3O. The summed E-state index contributed by atoms with van der Waals surface area (Å²) in [4.78, 5) is 6.71. The van der Waals surface area contributed by atoms with Crippen LogP contribution in [0.1, 0.15) is 5.69 Å². The maximum Gasteiger partial charge on any atom is 0.433 e. The number of nitrogens with zero attached hydrogens (tertiary/aromatic N) is 2. The summed E-state index contributed by atoms with van der Waals surface area (Å²) in [6.07, 6.45) is -4.69. The van der Waals surface area contributed by atoms with Crippen molar-refractivity contribution in [3.8, 4) is 5.88 Å². The van der Waals surface area contributed by atoms with Crippen LogP contribution >= 0.6 is 23.2 Å². The topological polar surface area (TPSA) is 58.0 Å². The smallest absolute Gasteiger partial charge is 0.433 e. The molecule has 20 heavy (non-hydrogen) atoms. The Labute approximate surface area is 121 Å². The summed E-state index contributed by atoms with van der Waals surface area (Å²) in [6, 6.07) is 4.77. The zero-order chi connectivity index (χ0) is 14.9. The van der Waals surface area contributed by atoms with E-state index < -0.39 is 23.7 Å². The van der Waals surface area contributed by atoms with Gasteiger partial charge in [0, 0.05) is 11.1 Å².